The fraction of sp³-hybridized carbons (Fsp3) is 0.125. The molecule has 0 saturated heterocycles. The minimum Gasteiger partial charge on any atom is -0.244 e. The van der Waals surface area contributed by atoms with Crippen LogP contribution in [0.4, 0.5) is 10.3 Å². The summed E-state index contributed by atoms with van der Waals surface area (Å²) in [5.41, 5.74) is 7.26. The van der Waals surface area contributed by atoms with Crippen LogP contribution in [0, 0.1) is 19.7 Å². The molecule has 4 heteroatoms. The summed E-state index contributed by atoms with van der Waals surface area (Å²) in [6, 6.07) is 21.3. The second-order valence-corrected chi connectivity index (χ2v) is 7.33. The van der Waals surface area contributed by atoms with E-state index in [0.29, 0.717) is 5.56 Å². The fourth-order valence-corrected chi connectivity index (χ4v) is 3.90. The number of nitrogens with zero attached hydrogens (tertiary/aromatic N) is 1. The predicted octanol–water partition coefficient (Wildman–Crippen LogP) is 5.27. The maximum absolute atomic E-state index is 14.7. The Kier molecular flexibility index (Phi) is 3.79. The van der Waals surface area contributed by atoms with Crippen LogP contribution < -0.4 is 9.88 Å². The highest BCUT2D eigenvalue weighted by Gasteiger charge is 2.32. The number of halogens is 1. The van der Waals surface area contributed by atoms with Crippen molar-refractivity contribution in [2.45, 2.75) is 19.9 Å². The summed E-state index contributed by atoms with van der Waals surface area (Å²) in [6.45, 7) is 4.22. The molecule has 138 valence electrons. The molecular weight excluding hydrogens is 349 g/mol. The Labute approximate surface area is 163 Å². The van der Waals surface area contributed by atoms with Crippen molar-refractivity contribution in [3.63, 3.8) is 0 Å². The molecule has 2 N–H and O–H groups in total. The molecule has 1 atom stereocenters. The Morgan fingerprint density at radius 2 is 1.68 bits per heavy atom. The number of H-pyrrole nitrogens is 1. The number of para-hydroxylation sites is 2. The normalized spacial score (nSPS) is 15.8. The number of allylic oxidation sites excluding steroid dienone is 1. The van der Waals surface area contributed by atoms with Gasteiger partial charge in [-0.2, -0.15) is 0 Å². The van der Waals surface area contributed by atoms with Crippen molar-refractivity contribution in [3.05, 3.63) is 101 Å². The number of anilines is 1. The molecule has 4 aromatic rings. The summed E-state index contributed by atoms with van der Waals surface area (Å²) in [7, 11) is 0. The van der Waals surface area contributed by atoms with E-state index in [1.807, 2.05) is 30.3 Å². The first kappa shape index (κ1) is 16.8. The van der Waals surface area contributed by atoms with Crippen molar-refractivity contribution in [1.82, 2.24) is 4.98 Å². The average molecular weight is 370 g/mol. The number of benzene rings is 3. The highest BCUT2D eigenvalue weighted by Crippen LogP contribution is 2.31. The van der Waals surface area contributed by atoms with Crippen molar-refractivity contribution < 1.29 is 8.96 Å². The van der Waals surface area contributed by atoms with Crippen molar-refractivity contribution in [1.29, 1.82) is 0 Å². The van der Waals surface area contributed by atoms with Crippen LogP contribution in [0.3, 0.4) is 0 Å². The van der Waals surface area contributed by atoms with Gasteiger partial charge in [0.25, 0.3) is 0 Å². The summed E-state index contributed by atoms with van der Waals surface area (Å²) >= 11 is 0. The highest BCUT2D eigenvalue weighted by atomic mass is 19.1. The van der Waals surface area contributed by atoms with Crippen LogP contribution in [0.2, 0.25) is 0 Å². The molecule has 0 amide bonds. The zero-order valence-electron chi connectivity index (χ0n) is 15.8. The smallest absolute Gasteiger partial charge is 0.244 e. The molecule has 1 aliphatic rings. The standard InChI is InChI=1S/C24H20FN3/c1-15-11-12-17(13-16(15)2)21-14-23(18-7-3-4-8-19(18)25)28-22-10-6-5-9-20(22)26-24(28)27-21/h3-14,23H,1-2H3,(H,26,27)/p+1. The summed E-state index contributed by atoms with van der Waals surface area (Å²) in [5.74, 6) is 0.652. The van der Waals surface area contributed by atoms with Crippen molar-refractivity contribution in [2.75, 3.05) is 5.32 Å². The topological polar surface area (TPSA) is 31.7 Å². The zero-order valence-corrected chi connectivity index (χ0v) is 15.8. The molecule has 0 bridgehead atoms. The molecule has 3 nitrogen and oxygen atoms in total. The Balaban J connectivity index is 1.74. The van der Waals surface area contributed by atoms with Crippen LogP contribution in [-0.4, -0.2) is 4.98 Å². The number of aromatic nitrogens is 2. The van der Waals surface area contributed by atoms with E-state index in [4.69, 9.17) is 0 Å². The maximum atomic E-state index is 14.7. The highest BCUT2D eigenvalue weighted by molar-refractivity contribution is 5.80. The lowest BCUT2D eigenvalue weighted by Gasteiger charge is -2.21. The minimum absolute atomic E-state index is 0.200. The molecule has 3 aromatic carbocycles. The van der Waals surface area contributed by atoms with E-state index >= 15 is 0 Å². The second kappa shape index (κ2) is 6.34. The molecule has 0 aliphatic carbocycles. The van der Waals surface area contributed by atoms with E-state index in [-0.39, 0.29) is 11.9 Å². The summed E-state index contributed by atoms with van der Waals surface area (Å²) in [6.07, 6.45) is 2.11. The third-order valence-corrected chi connectivity index (χ3v) is 5.56. The first-order chi connectivity index (χ1) is 13.6. The van der Waals surface area contributed by atoms with E-state index in [2.05, 4.69) is 59.1 Å². The fourth-order valence-electron chi connectivity index (χ4n) is 3.90. The van der Waals surface area contributed by atoms with Gasteiger partial charge in [0.05, 0.1) is 0 Å². The SMILES string of the molecule is Cc1ccc(C2=CC(c3ccccc3F)[n+]3c([nH]c4ccccc43)N2)cc1C. The van der Waals surface area contributed by atoms with Gasteiger partial charge in [-0.25, -0.2) is 19.3 Å². The predicted molar refractivity (Wildman–Crippen MR) is 111 cm³/mol. The van der Waals surface area contributed by atoms with Gasteiger partial charge in [-0.1, -0.05) is 42.5 Å². The molecule has 1 aliphatic heterocycles. The molecule has 0 fully saturated rings. The van der Waals surface area contributed by atoms with E-state index in [9.17, 15) is 4.39 Å². The molecule has 0 radical (unpaired) electrons. The van der Waals surface area contributed by atoms with Crippen molar-refractivity contribution in [2.24, 2.45) is 0 Å². The first-order valence-corrected chi connectivity index (χ1v) is 9.45. The Bertz CT molecular complexity index is 1240. The molecule has 28 heavy (non-hydrogen) atoms. The van der Waals surface area contributed by atoms with Gasteiger partial charge in [-0.15, -0.1) is 0 Å². The largest absolute Gasteiger partial charge is 0.361 e. The minimum atomic E-state index is -0.245. The van der Waals surface area contributed by atoms with Crippen LogP contribution in [0.25, 0.3) is 16.7 Å². The van der Waals surface area contributed by atoms with Crippen LogP contribution in [0.5, 0.6) is 0 Å². The number of hydrogen-bond acceptors (Lipinski definition) is 1. The third kappa shape index (κ3) is 2.61. The zero-order chi connectivity index (χ0) is 19.3. The van der Waals surface area contributed by atoms with Crippen LogP contribution >= 0.6 is 0 Å². The van der Waals surface area contributed by atoms with Gasteiger partial charge in [0.1, 0.15) is 28.6 Å². The number of hydrogen-bond donors (Lipinski definition) is 2. The van der Waals surface area contributed by atoms with Gasteiger partial charge >= 0.3 is 5.95 Å². The van der Waals surface area contributed by atoms with Crippen molar-refractivity contribution in [3.8, 4) is 0 Å². The molecule has 1 aromatic heterocycles. The summed E-state index contributed by atoms with van der Waals surface area (Å²) < 4.78 is 16.9. The lowest BCUT2D eigenvalue weighted by Crippen LogP contribution is -2.44. The van der Waals surface area contributed by atoms with Crippen LogP contribution in [0.1, 0.15) is 28.3 Å². The van der Waals surface area contributed by atoms with Gasteiger partial charge in [-0.05, 0) is 55.3 Å². The third-order valence-electron chi connectivity index (χ3n) is 5.56. The average Bonchev–Trinajstić information content (AvgIpc) is 3.08. The Morgan fingerprint density at radius 1 is 0.893 bits per heavy atom. The quantitative estimate of drug-likeness (QED) is 0.463. The second-order valence-electron chi connectivity index (χ2n) is 7.33. The van der Waals surface area contributed by atoms with E-state index in [1.165, 1.54) is 17.2 Å². The van der Waals surface area contributed by atoms with Gasteiger partial charge in [0.2, 0.25) is 0 Å². The number of aryl methyl sites for hydroxylation is 2. The van der Waals surface area contributed by atoms with E-state index in [0.717, 1.165) is 28.2 Å². The monoisotopic (exact) mass is 370 g/mol. The summed E-state index contributed by atoms with van der Waals surface area (Å²) in [4.78, 5) is 3.45. The Morgan fingerprint density at radius 3 is 2.50 bits per heavy atom. The molecule has 0 saturated carbocycles. The number of nitrogens with one attached hydrogen (secondary N) is 2. The number of imidazole rings is 1. The van der Waals surface area contributed by atoms with Gasteiger partial charge in [-0.3, -0.25) is 0 Å². The number of aromatic amines is 1. The van der Waals surface area contributed by atoms with Gasteiger partial charge < -0.3 is 0 Å². The molecule has 2 heterocycles. The van der Waals surface area contributed by atoms with Gasteiger partial charge in [0.15, 0.2) is 0 Å². The number of rotatable bonds is 2. The first-order valence-electron chi connectivity index (χ1n) is 9.45. The summed E-state index contributed by atoms with van der Waals surface area (Å²) in [5, 5.41) is 3.51. The van der Waals surface area contributed by atoms with Crippen molar-refractivity contribution >= 4 is 22.7 Å². The van der Waals surface area contributed by atoms with Crippen LogP contribution in [0.15, 0.2) is 72.8 Å². The molecular formula is C24H21FN3+. The Hall–Kier alpha value is -3.40. The molecule has 1 unspecified atom stereocenters. The lowest BCUT2D eigenvalue weighted by molar-refractivity contribution is -0.664. The lowest BCUT2D eigenvalue weighted by atomic mass is 9.98. The maximum Gasteiger partial charge on any atom is 0.361 e. The molecule has 5 rings (SSSR count). The molecule has 0 spiro atoms. The van der Waals surface area contributed by atoms with Crippen LogP contribution in [-0.2, 0) is 0 Å². The number of fused-ring (bicyclic) bond motifs is 3. The van der Waals surface area contributed by atoms with Gasteiger partial charge in [0, 0.05) is 11.1 Å². The van der Waals surface area contributed by atoms with E-state index in [1.54, 1.807) is 6.07 Å². The van der Waals surface area contributed by atoms with E-state index < -0.39 is 0 Å².